The molecule has 0 radical (unpaired) electrons. The Kier molecular flexibility index (Phi) is 7.21. The van der Waals surface area contributed by atoms with Crippen LogP contribution >= 0.6 is 0 Å². The Morgan fingerprint density at radius 1 is 0.481 bits per heavy atom. The van der Waals surface area contributed by atoms with Gasteiger partial charge in [-0.2, -0.15) is 0 Å². The molecule has 0 bridgehead atoms. The standard InChI is InChI=1S/C47H32N4O/c1-3-14-32(15-4-1)45-48-46(33-16-5-2-6-17-33)50-47(49-45)37-20-11-18-34(27-37)35-19-12-21-38(28-35)51-41-23-9-8-22-39(41)40-30-44-36(29-42(40)51)26-25-31-13-7-10-24-43(31)52-44/h1-7,9-21,23-30H,8,22H2. The number of fused-ring (bicyclic) bond motifs is 5. The molecule has 1 aliphatic carbocycles. The number of rotatable bonds is 5. The van der Waals surface area contributed by atoms with Crippen LogP contribution in [0.2, 0.25) is 0 Å². The maximum Gasteiger partial charge on any atom is 0.164 e. The molecule has 2 aromatic heterocycles. The predicted octanol–water partition coefficient (Wildman–Crippen LogP) is 11.7. The number of aryl methyl sites for hydroxylation is 1. The van der Waals surface area contributed by atoms with E-state index < -0.39 is 0 Å². The Morgan fingerprint density at radius 3 is 1.87 bits per heavy atom. The minimum absolute atomic E-state index is 0.638. The summed E-state index contributed by atoms with van der Waals surface area (Å²) in [4.78, 5) is 14.8. The van der Waals surface area contributed by atoms with Crippen LogP contribution in [0.25, 0.3) is 80.1 Å². The average Bonchev–Trinajstić information content (AvgIpc) is 3.41. The number of hydrogen-bond acceptors (Lipinski definition) is 4. The van der Waals surface area contributed by atoms with Gasteiger partial charge in [0, 0.05) is 44.6 Å². The summed E-state index contributed by atoms with van der Waals surface area (Å²) in [5.74, 6) is 3.70. The molecule has 52 heavy (non-hydrogen) atoms. The van der Waals surface area contributed by atoms with Gasteiger partial charge in [-0.3, -0.25) is 0 Å². The summed E-state index contributed by atoms with van der Waals surface area (Å²) < 4.78 is 8.91. The van der Waals surface area contributed by atoms with Crippen molar-refractivity contribution in [3.63, 3.8) is 0 Å². The van der Waals surface area contributed by atoms with Crippen molar-refractivity contribution < 1.29 is 4.74 Å². The van der Waals surface area contributed by atoms with Gasteiger partial charge in [0.05, 0.1) is 5.52 Å². The van der Waals surface area contributed by atoms with Crippen molar-refractivity contribution in [3.05, 3.63) is 174 Å². The third-order valence-corrected chi connectivity index (χ3v) is 9.92. The zero-order valence-corrected chi connectivity index (χ0v) is 28.3. The first-order valence-corrected chi connectivity index (χ1v) is 17.7. The fourth-order valence-corrected chi connectivity index (χ4v) is 7.38. The van der Waals surface area contributed by atoms with Gasteiger partial charge in [0.15, 0.2) is 17.5 Å². The molecule has 10 rings (SSSR count). The number of hydrogen-bond donors (Lipinski definition) is 0. The fraction of sp³-hybridized carbons (Fsp3) is 0.0426. The summed E-state index contributed by atoms with van der Waals surface area (Å²) in [5, 5.41) is 1.23. The van der Waals surface area contributed by atoms with Crippen LogP contribution in [0.4, 0.5) is 0 Å². The van der Waals surface area contributed by atoms with E-state index in [1.807, 2.05) is 78.9 Å². The lowest BCUT2D eigenvalue weighted by molar-refractivity contribution is 0.482. The average molecular weight is 669 g/mol. The van der Waals surface area contributed by atoms with E-state index in [0.29, 0.717) is 17.5 Å². The van der Waals surface area contributed by atoms with Crippen molar-refractivity contribution in [3.8, 4) is 62.5 Å². The van der Waals surface area contributed by atoms with Crippen LogP contribution in [0.5, 0.6) is 11.5 Å². The van der Waals surface area contributed by atoms with Crippen molar-refractivity contribution in [1.82, 2.24) is 19.5 Å². The third kappa shape index (κ3) is 5.31. The number of ether oxygens (including phenoxy) is 1. The quantitative estimate of drug-likeness (QED) is 0.183. The van der Waals surface area contributed by atoms with Crippen LogP contribution in [0, 0.1) is 0 Å². The predicted molar refractivity (Wildman–Crippen MR) is 211 cm³/mol. The molecule has 0 saturated heterocycles. The van der Waals surface area contributed by atoms with E-state index in [1.54, 1.807) is 0 Å². The van der Waals surface area contributed by atoms with E-state index in [-0.39, 0.29) is 0 Å². The first-order chi connectivity index (χ1) is 25.7. The van der Waals surface area contributed by atoms with Gasteiger partial charge in [0.25, 0.3) is 0 Å². The summed E-state index contributed by atoms with van der Waals surface area (Å²) in [6.45, 7) is 0. The van der Waals surface area contributed by atoms with E-state index in [9.17, 15) is 0 Å². The molecule has 0 amide bonds. The fourth-order valence-electron chi connectivity index (χ4n) is 7.38. The molecule has 5 heteroatoms. The topological polar surface area (TPSA) is 52.8 Å². The molecule has 2 aliphatic rings. The summed E-state index contributed by atoms with van der Waals surface area (Å²) in [6.07, 6.45) is 10.9. The van der Waals surface area contributed by atoms with Crippen LogP contribution in [0.1, 0.15) is 28.8 Å². The second-order valence-electron chi connectivity index (χ2n) is 13.2. The van der Waals surface area contributed by atoms with Gasteiger partial charge in [-0.25, -0.2) is 15.0 Å². The number of aromatic nitrogens is 4. The zero-order chi connectivity index (χ0) is 34.4. The molecular formula is C47H32N4O. The van der Waals surface area contributed by atoms with Crippen LogP contribution < -0.4 is 4.74 Å². The maximum absolute atomic E-state index is 6.50. The van der Waals surface area contributed by atoms with Gasteiger partial charge in [-0.05, 0) is 72.0 Å². The van der Waals surface area contributed by atoms with Gasteiger partial charge < -0.3 is 9.30 Å². The highest BCUT2D eigenvalue weighted by atomic mass is 16.5. The molecule has 246 valence electrons. The largest absolute Gasteiger partial charge is 0.456 e. The highest BCUT2D eigenvalue weighted by Gasteiger charge is 2.22. The minimum Gasteiger partial charge on any atom is -0.456 e. The Hall–Kier alpha value is -6.85. The smallest absolute Gasteiger partial charge is 0.164 e. The maximum atomic E-state index is 6.50. The molecule has 5 nitrogen and oxygen atoms in total. The van der Waals surface area contributed by atoms with E-state index in [2.05, 4.69) is 95.6 Å². The second kappa shape index (κ2) is 12.5. The van der Waals surface area contributed by atoms with Crippen LogP contribution in [0.3, 0.4) is 0 Å². The third-order valence-electron chi connectivity index (χ3n) is 9.92. The van der Waals surface area contributed by atoms with Crippen LogP contribution in [0.15, 0.2) is 152 Å². The Morgan fingerprint density at radius 2 is 1.10 bits per heavy atom. The molecular weight excluding hydrogens is 637 g/mol. The Labute approximate surface area is 301 Å². The second-order valence-corrected chi connectivity index (χ2v) is 13.2. The summed E-state index contributed by atoms with van der Waals surface area (Å²) >= 11 is 0. The van der Waals surface area contributed by atoms with E-state index in [4.69, 9.17) is 19.7 Å². The number of para-hydroxylation sites is 1. The molecule has 0 fully saturated rings. The molecule has 0 N–H and O–H groups in total. The van der Waals surface area contributed by atoms with E-state index in [1.165, 1.54) is 22.2 Å². The van der Waals surface area contributed by atoms with Crippen molar-refractivity contribution >= 4 is 29.1 Å². The van der Waals surface area contributed by atoms with E-state index >= 15 is 0 Å². The molecule has 0 spiro atoms. The van der Waals surface area contributed by atoms with Crippen LogP contribution in [-0.2, 0) is 6.42 Å². The van der Waals surface area contributed by atoms with Crippen molar-refractivity contribution in [2.45, 2.75) is 12.8 Å². The van der Waals surface area contributed by atoms with E-state index in [0.717, 1.165) is 69.0 Å². The SMILES string of the molecule is C1=Cc2c(c3cc4c(cc3n2-c2cccc(-c3cccc(-c5nc(-c6ccccc6)nc(-c6ccccc6)n5)c3)c2)C=Cc2ccccc2O4)CC1. The lowest BCUT2D eigenvalue weighted by atomic mass is 10.00. The first-order valence-electron chi connectivity index (χ1n) is 17.7. The first kappa shape index (κ1) is 30.0. The molecule has 1 aliphatic heterocycles. The Bertz CT molecular complexity index is 2650. The van der Waals surface area contributed by atoms with Gasteiger partial charge in [-0.1, -0.05) is 127 Å². The highest BCUT2D eigenvalue weighted by Crippen LogP contribution is 2.42. The molecule has 0 atom stereocenters. The summed E-state index contributed by atoms with van der Waals surface area (Å²) in [5.41, 5.74) is 12.1. The van der Waals surface area contributed by atoms with Gasteiger partial charge >= 0.3 is 0 Å². The zero-order valence-electron chi connectivity index (χ0n) is 28.3. The summed E-state index contributed by atoms with van der Waals surface area (Å²) in [7, 11) is 0. The molecule has 0 saturated carbocycles. The molecule has 6 aromatic carbocycles. The lowest BCUT2D eigenvalue weighted by Gasteiger charge is -2.14. The van der Waals surface area contributed by atoms with Gasteiger partial charge in [-0.15, -0.1) is 0 Å². The van der Waals surface area contributed by atoms with Crippen LogP contribution in [-0.4, -0.2) is 19.5 Å². The lowest BCUT2D eigenvalue weighted by Crippen LogP contribution is -2.01. The minimum atomic E-state index is 0.638. The highest BCUT2D eigenvalue weighted by molar-refractivity contribution is 5.95. The Balaban J connectivity index is 1.08. The monoisotopic (exact) mass is 668 g/mol. The number of benzene rings is 6. The molecule has 0 unspecified atom stereocenters. The summed E-state index contributed by atoms with van der Waals surface area (Å²) in [6, 6.07) is 50.2. The normalized spacial score (nSPS) is 12.8. The van der Waals surface area contributed by atoms with Crippen molar-refractivity contribution in [1.29, 1.82) is 0 Å². The molecule has 8 aromatic rings. The van der Waals surface area contributed by atoms with Gasteiger partial charge in [0.1, 0.15) is 11.5 Å². The molecule has 3 heterocycles. The van der Waals surface area contributed by atoms with Gasteiger partial charge in [0.2, 0.25) is 0 Å². The van der Waals surface area contributed by atoms with Crippen molar-refractivity contribution in [2.75, 3.05) is 0 Å². The van der Waals surface area contributed by atoms with Crippen molar-refractivity contribution in [2.24, 2.45) is 0 Å². The number of nitrogens with zero attached hydrogens (tertiary/aromatic N) is 4. The number of allylic oxidation sites excluding steroid dienone is 1.